The topological polar surface area (TPSA) is 49.8 Å². The van der Waals surface area contributed by atoms with Gasteiger partial charge in [0, 0.05) is 19.5 Å². The molecule has 0 saturated carbocycles. The molecule has 0 aliphatic heterocycles. The normalized spacial score (nSPS) is 12.0. The number of nitrogens with zero attached hydrogens (tertiary/aromatic N) is 1. The highest BCUT2D eigenvalue weighted by Crippen LogP contribution is 2.14. The van der Waals surface area contributed by atoms with Crippen LogP contribution < -0.4 is 4.74 Å². The summed E-state index contributed by atoms with van der Waals surface area (Å²) in [6, 6.07) is 7.71. The molecule has 0 fully saturated rings. The summed E-state index contributed by atoms with van der Waals surface area (Å²) in [5.41, 5.74) is 1.08. The molecule has 1 N–H and O–H groups in total. The maximum absolute atomic E-state index is 12.0. The molecule has 1 unspecified atom stereocenters. The molecule has 106 valence electrons. The third-order valence-corrected chi connectivity index (χ3v) is 3.04. The predicted molar refractivity (Wildman–Crippen MR) is 75.0 cm³/mol. The summed E-state index contributed by atoms with van der Waals surface area (Å²) >= 11 is 0. The van der Waals surface area contributed by atoms with Gasteiger partial charge in [-0.25, -0.2) is 0 Å². The minimum absolute atomic E-state index is 0.0826. The van der Waals surface area contributed by atoms with Gasteiger partial charge in [0.05, 0.1) is 13.2 Å². The van der Waals surface area contributed by atoms with E-state index in [2.05, 4.69) is 0 Å². The van der Waals surface area contributed by atoms with Gasteiger partial charge in [-0.1, -0.05) is 12.1 Å². The minimum atomic E-state index is -0.427. The lowest BCUT2D eigenvalue weighted by Gasteiger charge is -2.21. The van der Waals surface area contributed by atoms with Crippen molar-refractivity contribution in [3.63, 3.8) is 0 Å². The van der Waals surface area contributed by atoms with Crippen molar-refractivity contribution >= 4 is 5.91 Å². The zero-order valence-corrected chi connectivity index (χ0v) is 11.9. The molecule has 0 heterocycles. The Balaban J connectivity index is 2.57. The molecule has 4 nitrogen and oxygen atoms in total. The lowest BCUT2D eigenvalue weighted by Crippen LogP contribution is -2.30. The summed E-state index contributed by atoms with van der Waals surface area (Å²) in [5, 5.41) is 9.22. The van der Waals surface area contributed by atoms with Crippen molar-refractivity contribution in [3.05, 3.63) is 29.8 Å². The second-order valence-corrected chi connectivity index (χ2v) is 4.64. The van der Waals surface area contributed by atoms with Gasteiger partial charge in [-0.3, -0.25) is 4.79 Å². The number of hydrogen-bond donors (Lipinski definition) is 1. The van der Waals surface area contributed by atoms with Crippen LogP contribution in [0.2, 0.25) is 0 Å². The van der Waals surface area contributed by atoms with E-state index in [1.54, 1.807) is 18.9 Å². The molecule has 0 saturated heterocycles. The lowest BCUT2D eigenvalue weighted by molar-refractivity contribution is -0.132. The number of aliphatic hydroxyl groups is 1. The predicted octanol–water partition coefficient (Wildman–Crippen LogP) is 2.20. The Morgan fingerprint density at radius 3 is 2.47 bits per heavy atom. The Hall–Kier alpha value is -1.55. The number of rotatable bonds is 7. The molecule has 1 rings (SSSR count). The number of methoxy groups -OCH3 is 1. The van der Waals surface area contributed by atoms with Crippen LogP contribution in [0.25, 0.3) is 0 Å². The highest BCUT2D eigenvalue weighted by molar-refractivity contribution is 5.76. The van der Waals surface area contributed by atoms with E-state index < -0.39 is 6.10 Å². The number of carbonyl (C=O) groups is 1. The highest BCUT2D eigenvalue weighted by Gasteiger charge is 2.12. The molecule has 1 amide bonds. The van der Waals surface area contributed by atoms with E-state index >= 15 is 0 Å². The van der Waals surface area contributed by atoms with Crippen LogP contribution >= 0.6 is 0 Å². The van der Waals surface area contributed by atoms with Crippen molar-refractivity contribution in [2.75, 3.05) is 13.7 Å². The molecule has 0 spiro atoms. The Bertz CT molecular complexity index is 387. The van der Waals surface area contributed by atoms with E-state index in [4.69, 9.17) is 4.74 Å². The van der Waals surface area contributed by atoms with Gasteiger partial charge in [0.25, 0.3) is 0 Å². The van der Waals surface area contributed by atoms with E-state index in [-0.39, 0.29) is 5.91 Å². The summed E-state index contributed by atoms with van der Waals surface area (Å²) in [6.07, 6.45) is 0.475. The summed E-state index contributed by atoms with van der Waals surface area (Å²) in [6.45, 7) is 4.93. The van der Waals surface area contributed by atoms with Gasteiger partial charge >= 0.3 is 0 Å². The number of hydrogen-bond acceptors (Lipinski definition) is 3. The fourth-order valence-electron chi connectivity index (χ4n) is 1.82. The van der Waals surface area contributed by atoms with E-state index in [9.17, 15) is 9.90 Å². The number of benzene rings is 1. The van der Waals surface area contributed by atoms with Gasteiger partial charge in [-0.2, -0.15) is 0 Å². The first-order valence-electron chi connectivity index (χ1n) is 6.65. The number of ether oxygens (including phenoxy) is 1. The van der Waals surface area contributed by atoms with Crippen molar-refractivity contribution < 1.29 is 14.6 Å². The smallest absolute Gasteiger partial charge is 0.222 e. The molecule has 0 aliphatic rings. The van der Waals surface area contributed by atoms with Gasteiger partial charge in [0.15, 0.2) is 0 Å². The average molecular weight is 265 g/mol. The number of carbonyl (C=O) groups excluding carboxylic acids is 1. The summed E-state index contributed by atoms with van der Waals surface area (Å²) in [4.78, 5) is 13.8. The Kier molecular flexibility index (Phi) is 6.36. The summed E-state index contributed by atoms with van der Waals surface area (Å²) < 4.78 is 5.10. The second-order valence-electron chi connectivity index (χ2n) is 4.64. The van der Waals surface area contributed by atoms with Crippen molar-refractivity contribution in [1.29, 1.82) is 0 Å². The van der Waals surface area contributed by atoms with E-state index in [0.717, 1.165) is 11.3 Å². The summed E-state index contributed by atoms with van der Waals surface area (Å²) in [5.74, 6) is 0.895. The SMILES string of the molecule is CCN(Cc1ccc(OC)cc1)C(=O)CCC(C)O. The maximum atomic E-state index is 12.0. The molecule has 1 atom stereocenters. The zero-order valence-electron chi connectivity index (χ0n) is 11.9. The minimum Gasteiger partial charge on any atom is -0.497 e. The molecule has 19 heavy (non-hydrogen) atoms. The average Bonchev–Trinajstić information content (AvgIpc) is 2.42. The molecule has 0 aliphatic carbocycles. The van der Waals surface area contributed by atoms with Gasteiger partial charge in [0.1, 0.15) is 5.75 Å². The first kappa shape index (κ1) is 15.5. The molecular weight excluding hydrogens is 242 g/mol. The molecular formula is C15H23NO3. The second kappa shape index (κ2) is 7.79. The zero-order chi connectivity index (χ0) is 14.3. The monoisotopic (exact) mass is 265 g/mol. The summed E-state index contributed by atoms with van der Waals surface area (Å²) in [7, 11) is 1.63. The van der Waals surface area contributed by atoms with Crippen LogP contribution in [0.5, 0.6) is 5.75 Å². The van der Waals surface area contributed by atoms with Crippen LogP contribution in [0.1, 0.15) is 32.3 Å². The third kappa shape index (κ3) is 5.30. The Labute approximate surface area is 115 Å². The van der Waals surface area contributed by atoms with E-state index in [0.29, 0.717) is 25.9 Å². The Morgan fingerprint density at radius 2 is 2.00 bits per heavy atom. The van der Waals surface area contributed by atoms with Crippen LogP contribution in [-0.2, 0) is 11.3 Å². The lowest BCUT2D eigenvalue weighted by atomic mass is 10.1. The first-order chi connectivity index (χ1) is 9.06. The van der Waals surface area contributed by atoms with Crippen molar-refractivity contribution in [2.45, 2.75) is 39.3 Å². The number of aliphatic hydroxyl groups excluding tert-OH is 1. The molecule has 0 bridgehead atoms. The van der Waals surface area contributed by atoms with Crippen LogP contribution in [0.3, 0.4) is 0 Å². The maximum Gasteiger partial charge on any atom is 0.222 e. The molecule has 1 aromatic carbocycles. The van der Waals surface area contributed by atoms with Crippen molar-refractivity contribution in [2.24, 2.45) is 0 Å². The first-order valence-corrected chi connectivity index (χ1v) is 6.65. The van der Waals surface area contributed by atoms with Gasteiger partial charge in [0.2, 0.25) is 5.91 Å². The fourth-order valence-corrected chi connectivity index (χ4v) is 1.82. The van der Waals surface area contributed by atoms with E-state index in [1.807, 2.05) is 31.2 Å². The third-order valence-electron chi connectivity index (χ3n) is 3.04. The molecule has 0 radical (unpaired) electrons. The largest absolute Gasteiger partial charge is 0.497 e. The quantitative estimate of drug-likeness (QED) is 0.822. The van der Waals surface area contributed by atoms with Crippen LogP contribution in [-0.4, -0.2) is 35.7 Å². The molecule has 4 heteroatoms. The van der Waals surface area contributed by atoms with Crippen molar-refractivity contribution in [3.8, 4) is 5.75 Å². The van der Waals surface area contributed by atoms with E-state index in [1.165, 1.54) is 0 Å². The molecule has 0 aromatic heterocycles. The molecule has 1 aromatic rings. The van der Waals surface area contributed by atoms with Gasteiger partial charge < -0.3 is 14.7 Å². The Morgan fingerprint density at radius 1 is 1.37 bits per heavy atom. The van der Waals surface area contributed by atoms with Crippen LogP contribution in [0, 0.1) is 0 Å². The van der Waals surface area contributed by atoms with Crippen molar-refractivity contribution in [1.82, 2.24) is 4.90 Å². The van der Waals surface area contributed by atoms with Gasteiger partial charge in [-0.05, 0) is 38.0 Å². The van der Waals surface area contributed by atoms with Crippen LogP contribution in [0.4, 0.5) is 0 Å². The standard InChI is InChI=1S/C15H23NO3/c1-4-16(15(18)10-5-12(2)17)11-13-6-8-14(19-3)9-7-13/h6-9,12,17H,4-5,10-11H2,1-3H3. The van der Waals surface area contributed by atoms with Gasteiger partial charge in [-0.15, -0.1) is 0 Å². The highest BCUT2D eigenvalue weighted by atomic mass is 16.5. The van der Waals surface area contributed by atoms with Crippen LogP contribution in [0.15, 0.2) is 24.3 Å². The number of amides is 1. The fraction of sp³-hybridized carbons (Fsp3) is 0.533.